The molecule has 0 bridgehead atoms. The molecule has 0 aromatic heterocycles. The van der Waals surface area contributed by atoms with Crippen LogP contribution >= 0.6 is 0 Å². The fraction of sp³-hybridized carbons (Fsp3) is 0.500. The van der Waals surface area contributed by atoms with E-state index in [9.17, 15) is 5.11 Å². The summed E-state index contributed by atoms with van der Waals surface area (Å²) < 4.78 is 0. The Morgan fingerprint density at radius 2 is 1.70 bits per heavy atom. The molecule has 2 nitrogen and oxygen atoms in total. The van der Waals surface area contributed by atoms with E-state index in [0.717, 1.165) is 13.1 Å². The van der Waals surface area contributed by atoms with Gasteiger partial charge in [-0.05, 0) is 26.9 Å². The highest BCUT2D eigenvalue weighted by molar-refractivity contribution is 5.11. The molecule has 0 radical (unpaired) electrons. The second-order valence-corrected chi connectivity index (χ2v) is 2.08. The Bertz CT molecular complexity index is 121. The molecule has 0 saturated carbocycles. The third kappa shape index (κ3) is 2.13. The van der Waals surface area contributed by atoms with E-state index in [0.29, 0.717) is 5.57 Å². The number of hydrogen-bond acceptors (Lipinski definition) is 2. The molecule has 0 aliphatic heterocycles. The maximum Gasteiger partial charge on any atom is -0.00831 e. The van der Waals surface area contributed by atoms with Gasteiger partial charge in [0, 0.05) is 0 Å². The zero-order valence-electron chi connectivity index (χ0n) is 6.68. The highest BCUT2D eigenvalue weighted by atomic mass is 16.3. The molecule has 0 aromatic rings. The van der Waals surface area contributed by atoms with Crippen molar-refractivity contribution in [1.29, 1.82) is 0 Å². The second-order valence-electron chi connectivity index (χ2n) is 2.08. The highest BCUT2D eigenvalue weighted by Gasteiger charge is 1.81. The smallest absolute Gasteiger partial charge is 0.00831 e. The molecule has 0 unspecified atom stereocenters. The Labute approximate surface area is 63.2 Å². The van der Waals surface area contributed by atoms with Crippen LogP contribution in [0.5, 0.6) is 0 Å². The molecule has 0 rings (SSSR count). The lowest BCUT2D eigenvalue weighted by atomic mass is 10.3. The van der Waals surface area contributed by atoms with Crippen molar-refractivity contribution in [2.24, 2.45) is 0 Å². The molecular formula is C8H14NO-3. The lowest BCUT2D eigenvalue weighted by molar-refractivity contribution is -0.333. The third-order valence-electron chi connectivity index (χ3n) is 1.35. The van der Waals surface area contributed by atoms with Crippen LogP contribution in [0, 0.1) is 13.8 Å². The summed E-state index contributed by atoms with van der Waals surface area (Å²) in [6, 6.07) is 0. The third-order valence-corrected chi connectivity index (χ3v) is 1.35. The minimum atomic E-state index is -0.0509. The first kappa shape index (κ1) is 9.08. The van der Waals surface area contributed by atoms with Gasteiger partial charge in [0.2, 0.25) is 0 Å². The molecular weight excluding hydrogens is 126 g/mol. The van der Waals surface area contributed by atoms with Gasteiger partial charge in [-0.1, -0.05) is 0 Å². The van der Waals surface area contributed by atoms with Gasteiger partial charge in [-0.25, -0.2) is 0 Å². The van der Waals surface area contributed by atoms with Gasteiger partial charge in [-0.15, -0.1) is 0 Å². The minimum absolute atomic E-state index is 0.0509. The van der Waals surface area contributed by atoms with Gasteiger partial charge < -0.3 is 35.3 Å². The Kier molecular flexibility index (Phi) is 3.62. The first-order chi connectivity index (χ1) is 4.63. The molecule has 0 aliphatic carbocycles. The Morgan fingerprint density at radius 1 is 1.30 bits per heavy atom. The van der Waals surface area contributed by atoms with Crippen LogP contribution in [-0.4, -0.2) is 18.0 Å². The summed E-state index contributed by atoms with van der Waals surface area (Å²) in [5.41, 5.74) is 0.365. The van der Waals surface area contributed by atoms with Crippen LogP contribution in [0.1, 0.15) is 13.8 Å². The normalized spacial score (nSPS) is 9.00. The van der Waals surface area contributed by atoms with Gasteiger partial charge in [0.1, 0.15) is 0 Å². The molecule has 0 aromatic carbocycles. The van der Waals surface area contributed by atoms with Gasteiger partial charge in [-0.3, -0.25) is 0 Å². The van der Waals surface area contributed by atoms with Crippen LogP contribution in [0.25, 0.3) is 0 Å². The first-order valence-electron chi connectivity index (χ1n) is 3.43. The predicted molar refractivity (Wildman–Crippen MR) is 40.7 cm³/mol. The van der Waals surface area contributed by atoms with Crippen LogP contribution in [0.15, 0.2) is 11.5 Å². The number of allylic oxidation sites excluding steroid dienone is 1. The van der Waals surface area contributed by atoms with E-state index in [4.69, 9.17) is 0 Å². The maximum atomic E-state index is 11.1. The van der Waals surface area contributed by atoms with Crippen molar-refractivity contribution in [3.05, 3.63) is 25.3 Å². The molecule has 10 heavy (non-hydrogen) atoms. The van der Waals surface area contributed by atoms with Gasteiger partial charge in [0.25, 0.3) is 0 Å². The van der Waals surface area contributed by atoms with E-state index in [-0.39, 0.29) is 5.88 Å². The van der Waals surface area contributed by atoms with E-state index in [1.165, 1.54) is 0 Å². The van der Waals surface area contributed by atoms with E-state index < -0.39 is 0 Å². The SMILES string of the molecule is [CH2-]C([CH2-])=C([O-])N(CC)CC. The van der Waals surface area contributed by atoms with Crippen LogP contribution in [-0.2, 0) is 0 Å². The van der Waals surface area contributed by atoms with Crippen molar-refractivity contribution in [1.82, 2.24) is 4.90 Å². The molecule has 60 valence electrons. The summed E-state index contributed by atoms with van der Waals surface area (Å²) in [7, 11) is 0. The molecule has 0 saturated heterocycles. The molecule has 2 heteroatoms. The predicted octanol–water partition coefficient (Wildman–Crippen LogP) is 0.568. The largest absolute Gasteiger partial charge is 0.973 e. The Morgan fingerprint density at radius 3 is 1.80 bits per heavy atom. The van der Waals surface area contributed by atoms with E-state index >= 15 is 0 Å². The summed E-state index contributed by atoms with van der Waals surface area (Å²) in [5, 5.41) is 11.1. The van der Waals surface area contributed by atoms with Crippen molar-refractivity contribution in [3.8, 4) is 0 Å². The fourth-order valence-electron chi connectivity index (χ4n) is 0.734. The summed E-state index contributed by atoms with van der Waals surface area (Å²) in [6.07, 6.45) is 0. The summed E-state index contributed by atoms with van der Waals surface area (Å²) in [5.74, 6) is -0.0509. The summed E-state index contributed by atoms with van der Waals surface area (Å²) in [4.78, 5) is 1.69. The Hall–Kier alpha value is -0.920. The van der Waals surface area contributed by atoms with Crippen LogP contribution in [0.4, 0.5) is 0 Å². The lowest BCUT2D eigenvalue weighted by Crippen LogP contribution is -2.30. The van der Waals surface area contributed by atoms with Gasteiger partial charge >= 0.3 is 0 Å². The molecule has 0 aliphatic rings. The van der Waals surface area contributed by atoms with Crippen molar-refractivity contribution in [3.63, 3.8) is 0 Å². The van der Waals surface area contributed by atoms with Crippen molar-refractivity contribution < 1.29 is 5.11 Å². The first-order valence-corrected chi connectivity index (χ1v) is 3.43. The lowest BCUT2D eigenvalue weighted by Gasteiger charge is -2.45. The fourth-order valence-corrected chi connectivity index (χ4v) is 0.734. The zero-order chi connectivity index (χ0) is 8.15. The van der Waals surface area contributed by atoms with Crippen LogP contribution < -0.4 is 5.11 Å². The van der Waals surface area contributed by atoms with Crippen molar-refractivity contribution in [2.75, 3.05) is 13.1 Å². The standard InChI is InChI=1S/C8H15NO/c1-5-9(6-2)8(10)7(3)4/h10H,3-6H2,1-2H3/q-2/p-1. The molecule has 0 heterocycles. The zero-order valence-corrected chi connectivity index (χ0v) is 6.68. The van der Waals surface area contributed by atoms with Crippen molar-refractivity contribution in [2.45, 2.75) is 13.8 Å². The number of nitrogens with zero attached hydrogens (tertiary/aromatic N) is 1. The molecule has 0 fully saturated rings. The minimum Gasteiger partial charge on any atom is -0.973 e. The average molecular weight is 140 g/mol. The molecule has 0 N–H and O–H groups in total. The number of rotatable bonds is 3. The highest BCUT2D eigenvalue weighted by Crippen LogP contribution is 2.00. The monoisotopic (exact) mass is 140 g/mol. The average Bonchev–Trinajstić information content (AvgIpc) is 1.90. The van der Waals surface area contributed by atoms with Gasteiger partial charge in [-0.2, -0.15) is 0 Å². The number of hydrogen-bond donors (Lipinski definition) is 0. The summed E-state index contributed by atoms with van der Waals surface area (Å²) in [6.45, 7) is 12.3. The van der Waals surface area contributed by atoms with Crippen LogP contribution in [0.2, 0.25) is 0 Å². The second kappa shape index (κ2) is 3.99. The van der Waals surface area contributed by atoms with Gasteiger partial charge in [0.05, 0.1) is 0 Å². The summed E-state index contributed by atoms with van der Waals surface area (Å²) >= 11 is 0. The molecule has 0 spiro atoms. The quantitative estimate of drug-likeness (QED) is 0.423. The topological polar surface area (TPSA) is 26.3 Å². The van der Waals surface area contributed by atoms with Gasteiger partial charge in [0.15, 0.2) is 0 Å². The van der Waals surface area contributed by atoms with E-state index in [1.54, 1.807) is 4.90 Å². The van der Waals surface area contributed by atoms with E-state index in [1.807, 2.05) is 13.8 Å². The Balaban J connectivity index is 4.15. The van der Waals surface area contributed by atoms with Crippen LogP contribution in [0.3, 0.4) is 0 Å². The maximum absolute atomic E-state index is 11.1. The van der Waals surface area contributed by atoms with E-state index in [2.05, 4.69) is 13.8 Å². The molecule has 0 atom stereocenters. The molecule has 0 amide bonds. The van der Waals surface area contributed by atoms with Crippen molar-refractivity contribution >= 4 is 0 Å².